The van der Waals surface area contributed by atoms with Crippen LogP contribution in [0.3, 0.4) is 0 Å². The number of carboxylic acid groups (broad SMARTS) is 1. The maximum atomic E-state index is 10.2. The first-order valence-corrected chi connectivity index (χ1v) is 3.61. The fourth-order valence-corrected chi connectivity index (χ4v) is 0.741. The second-order valence-corrected chi connectivity index (χ2v) is 2.45. The molecular weight excluding hydrogens is 146 g/mol. The van der Waals surface area contributed by atoms with E-state index in [-0.39, 0.29) is 12.5 Å². The summed E-state index contributed by atoms with van der Waals surface area (Å²) in [5.74, 6) is -0.776. The van der Waals surface area contributed by atoms with Crippen LogP contribution >= 0.6 is 0 Å². The highest BCUT2D eigenvalue weighted by Gasteiger charge is 2.04. The largest absolute Gasteiger partial charge is 0.481 e. The van der Waals surface area contributed by atoms with Gasteiger partial charge in [0, 0.05) is 19.7 Å². The average molecular weight is 161 g/mol. The lowest BCUT2D eigenvalue weighted by atomic mass is 10.2. The monoisotopic (exact) mass is 161 g/mol. The van der Waals surface area contributed by atoms with Crippen LogP contribution in [0.2, 0.25) is 0 Å². The van der Waals surface area contributed by atoms with Gasteiger partial charge in [-0.2, -0.15) is 0 Å². The van der Waals surface area contributed by atoms with Crippen LogP contribution < -0.4 is 5.32 Å². The molecule has 0 aromatic rings. The Labute approximate surface area is 66.5 Å². The first-order valence-electron chi connectivity index (χ1n) is 3.61. The van der Waals surface area contributed by atoms with Crippen molar-refractivity contribution in [2.24, 2.45) is 0 Å². The van der Waals surface area contributed by atoms with Gasteiger partial charge in [-0.05, 0) is 6.92 Å². The van der Waals surface area contributed by atoms with Crippen molar-refractivity contribution in [3.05, 3.63) is 0 Å². The number of carbonyl (C=O) groups is 1. The molecule has 2 N–H and O–H groups in total. The summed E-state index contributed by atoms with van der Waals surface area (Å²) in [4.78, 5) is 10.2. The van der Waals surface area contributed by atoms with Crippen molar-refractivity contribution in [3.8, 4) is 0 Å². The minimum Gasteiger partial charge on any atom is -0.481 e. The van der Waals surface area contributed by atoms with Gasteiger partial charge in [-0.1, -0.05) is 0 Å². The van der Waals surface area contributed by atoms with Gasteiger partial charge in [0.1, 0.15) is 0 Å². The second-order valence-electron chi connectivity index (χ2n) is 2.45. The van der Waals surface area contributed by atoms with Gasteiger partial charge >= 0.3 is 5.97 Å². The predicted molar refractivity (Wildman–Crippen MR) is 41.6 cm³/mol. The van der Waals surface area contributed by atoms with Crippen LogP contribution in [0.1, 0.15) is 13.3 Å². The van der Waals surface area contributed by atoms with E-state index in [1.807, 2.05) is 6.92 Å². The highest BCUT2D eigenvalue weighted by Crippen LogP contribution is 1.88. The molecular formula is C7H15NO3. The summed E-state index contributed by atoms with van der Waals surface area (Å²) in [5, 5.41) is 11.4. The summed E-state index contributed by atoms with van der Waals surface area (Å²) in [6.07, 6.45) is 0.156. The summed E-state index contributed by atoms with van der Waals surface area (Å²) in [6, 6.07) is 0.0163. The van der Waals surface area contributed by atoms with Gasteiger partial charge in [-0.3, -0.25) is 4.79 Å². The minimum atomic E-state index is -0.776. The fraction of sp³-hybridized carbons (Fsp3) is 0.857. The Balaban J connectivity index is 3.22. The number of methoxy groups -OCH3 is 1. The Morgan fingerprint density at radius 3 is 2.82 bits per heavy atom. The summed E-state index contributed by atoms with van der Waals surface area (Å²) in [5.41, 5.74) is 0. The van der Waals surface area contributed by atoms with Crippen LogP contribution in [0, 0.1) is 0 Å². The molecule has 0 radical (unpaired) electrons. The standard InChI is InChI=1S/C7H15NO3/c1-6(5-7(9)10)8-3-4-11-2/h6,8H,3-5H2,1-2H3,(H,9,10). The third kappa shape index (κ3) is 7.29. The van der Waals surface area contributed by atoms with Crippen LogP contribution in [0.15, 0.2) is 0 Å². The smallest absolute Gasteiger partial charge is 0.304 e. The molecule has 0 aliphatic heterocycles. The molecule has 0 aromatic heterocycles. The summed E-state index contributed by atoms with van der Waals surface area (Å²) in [6.45, 7) is 3.15. The third-order valence-corrected chi connectivity index (χ3v) is 1.28. The molecule has 0 saturated heterocycles. The molecule has 4 nitrogen and oxygen atoms in total. The molecule has 0 bridgehead atoms. The van der Waals surface area contributed by atoms with E-state index in [9.17, 15) is 4.79 Å². The van der Waals surface area contributed by atoms with Crippen molar-refractivity contribution < 1.29 is 14.6 Å². The van der Waals surface area contributed by atoms with Gasteiger partial charge in [-0.15, -0.1) is 0 Å². The number of ether oxygens (including phenoxy) is 1. The van der Waals surface area contributed by atoms with Crippen LogP contribution in [0.5, 0.6) is 0 Å². The predicted octanol–water partition coefficient (Wildman–Crippen LogP) is 0.0856. The topological polar surface area (TPSA) is 58.6 Å². The number of carboxylic acids is 1. The molecule has 66 valence electrons. The van der Waals surface area contributed by atoms with Gasteiger partial charge in [0.05, 0.1) is 13.0 Å². The number of rotatable bonds is 6. The lowest BCUT2D eigenvalue weighted by Gasteiger charge is -2.09. The Morgan fingerprint density at radius 1 is 1.73 bits per heavy atom. The second kappa shape index (κ2) is 6.12. The molecule has 1 atom stereocenters. The molecule has 0 spiro atoms. The number of nitrogens with one attached hydrogen (secondary N) is 1. The number of aliphatic carboxylic acids is 1. The van der Waals surface area contributed by atoms with Crippen LogP contribution in [0.25, 0.3) is 0 Å². The quantitative estimate of drug-likeness (QED) is 0.542. The Hall–Kier alpha value is -0.610. The van der Waals surface area contributed by atoms with Crippen molar-refractivity contribution in [3.63, 3.8) is 0 Å². The number of hydrogen-bond donors (Lipinski definition) is 2. The Bertz CT molecular complexity index is 116. The van der Waals surface area contributed by atoms with Gasteiger partial charge in [0.15, 0.2) is 0 Å². The number of hydrogen-bond acceptors (Lipinski definition) is 3. The summed E-state index contributed by atoms with van der Waals surface area (Å²) >= 11 is 0. The van der Waals surface area contributed by atoms with E-state index in [0.29, 0.717) is 13.2 Å². The molecule has 4 heteroatoms. The van der Waals surface area contributed by atoms with Crippen LogP contribution in [-0.4, -0.2) is 37.4 Å². The average Bonchev–Trinajstić information content (AvgIpc) is 1.86. The zero-order chi connectivity index (χ0) is 8.69. The SMILES string of the molecule is COCCNC(C)CC(=O)O. The molecule has 0 fully saturated rings. The fourth-order valence-electron chi connectivity index (χ4n) is 0.741. The normalized spacial score (nSPS) is 12.9. The first-order chi connectivity index (χ1) is 5.16. The van der Waals surface area contributed by atoms with Gasteiger partial charge in [0.25, 0.3) is 0 Å². The molecule has 0 aliphatic carbocycles. The molecule has 0 heterocycles. The lowest BCUT2D eigenvalue weighted by molar-refractivity contribution is -0.137. The Morgan fingerprint density at radius 2 is 2.36 bits per heavy atom. The van der Waals surface area contributed by atoms with Gasteiger partial charge in [-0.25, -0.2) is 0 Å². The highest BCUT2D eigenvalue weighted by molar-refractivity contribution is 5.67. The molecule has 0 saturated carbocycles. The molecule has 0 amide bonds. The van der Waals surface area contributed by atoms with Crippen molar-refractivity contribution in [1.29, 1.82) is 0 Å². The molecule has 11 heavy (non-hydrogen) atoms. The van der Waals surface area contributed by atoms with Crippen molar-refractivity contribution in [2.45, 2.75) is 19.4 Å². The van der Waals surface area contributed by atoms with Crippen LogP contribution in [0.4, 0.5) is 0 Å². The molecule has 0 aliphatic rings. The zero-order valence-corrected chi connectivity index (χ0v) is 6.96. The van der Waals surface area contributed by atoms with E-state index < -0.39 is 5.97 Å². The summed E-state index contributed by atoms with van der Waals surface area (Å²) in [7, 11) is 1.61. The summed E-state index contributed by atoms with van der Waals surface area (Å²) < 4.78 is 4.79. The van der Waals surface area contributed by atoms with E-state index in [2.05, 4.69) is 5.32 Å². The van der Waals surface area contributed by atoms with Crippen molar-refractivity contribution in [2.75, 3.05) is 20.3 Å². The van der Waals surface area contributed by atoms with E-state index in [1.54, 1.807) is 7.11 Å². The van der Waals surface area contributed by atoms with Crippen LogP contribution in [-0.2, 0) is 9.53 Å². The van der Waals surface area contributed by atoms with E-state index >= 15 is 0 Å². The van der Waals surface area contributed by atoms with Gasteiger partial charge in [0.2, 0.25) is 0 Å². The maximum absolute atomic E-state index is 10.2. The maximum Gasteiger partial charge on any atom is 0.304 e. The first kappa shape index (κ1) is 10.4. The van der Waals surface area contributed by atoms with Gasteiger partial charge < -0.3 is 15.2 Å². The van der Waals surface area contributed by atoms with E-state index in [0.717, 1.165) is 0 Å². The zero-order valence-electron chi connectivity index (χ0n) is 6.96. The molecule has 0 rings (SSSR count). The Kier molecular flexibility index (Phi) is 5.78. The highest BCUT2D eigenvalue weighted by atomic mass is 16.5. The molecule has 0 aromatic carbocycles. The molecule has 1 unspecified atom stereocenters. The van der Waals surface area contributed by atoms with Crippen molar-refractivity contribution in [1.82, 2.24) is 5.32 Å². The van der Waals surface area contributed by atoms with E-state index in [1.165, 1.54) is 0 Å². The minimum absolute atomic E-state index is 0.0163. The lowest BCUT2D eigenvalue weighted by Crippen LogP contribution is -2.31. The van der Waals surface area contributed by atoms with E-state index in [4.69, 9.17) is 9.84 Å². The third-order valence-electron chi connectivity index (χ3n) is 1.28. The van der Waals surface area contributed by atoms with Crippen molar-refractivity contribution >= 4 is 5.97 Å².